The van der Waals surface area contributed by atoms with E-state index in [1.807, 2.05) is 0 Å². The second kappa shape index (κ2) is 5.56. The van der Waals surface area contributed by atoms with Crippen molar-refractivity contribution in [3.63, 3.8) is 0 Å². The zero-order valence-corrected chi connectivity index (χ0v) is 10.1. The molecule has 0 aromatic carbocycles. The van der Waals surface area contributed by atoms with Crippen molar-refractivity contribution in [2.45, 2.75) is 58.0 Å². The lowest BCUT2D eigenvalue weighted by molar-refractivity contribution is 0.373. The van der Waals surface area contributed by atoms with Crippen molar-refractivity contribution < 1.29 is 0 Å². The molecular formula is C11H19N3S. The third-order valence-electron chi connectivity index (χ3n) is 3.13. The van der Waals surface area contributed by atoms with Crippen LogP contribution in [0.2, 0.25) is 0 Å². The Bertz CT molecular complexity index is 292. The highest BCUT2D eigenvalue weighted by Crippen LogP contribution is 2.18. The smallest absolute Gasteiger partial charge is 0.0797 e. The van der Waals surface area contributed by atoms with Gasteiger partial charge in [-0.1, -0.05) is 30.7 Å². The van der Waals surface area contributed by atoms with Crippen molar-refractivity contribution in [3.05, 3.63) is 10.6 Å². The first-order valence-corrected chi connectivity index (χ1v) is 6.71. The van der Waals surface area contributed by atoms with E-state index in [0.717, 1.165) is 19.0 Å². The fourth-order valence-electron chi connectivity index (χ4n) is 2.17. The Morgan fingerprint density at radius 2 is 2.13 bits per heavy atom. The number of nitrogens with one attached hydrogen (secondary N) is 1. The molecule has 0 aliphatic heterocycles. The van der Waals surface area contributed by atoms with Crippen molar-refractivity contribution in [2.75, 3.05) is 0 Å². The first kappa shape index (κ1) is 11.0. The van der Waals surface area contributed by atoms with Crippen LogP contribution in [-0.4, -0.2) is 15.6 Å². The van der Waals surface area contributed by atoms with Crippen molar-refractivity contribution in [3.8, 4) is 0 Å². The van der Waals surface area contributed by atoms with E-state index in [1.54, 1.807) is 0 Å². The van der Waals surface area contributed by atoms with Gasteiger partial charge in [0.05, 0.1) is 10.6 Å². The van der Waals surface area contributed by atoms with Crippen molar-refractivity contribution >= 4 is 11.5 Å². The third-order valence-corrected chi connectivity index (χ3v) is 3.89. The molecule has 15 heavy (non-hydrogen) atoms. The fraction of sp³-hybridized carbons (Fsp3) is 0.818. The van der Waals surface area contributed by atoms with E-state index in [4.69, 9.17) is 0 Å². The van der Waals surface area contributed by atoms with Gasteiger partial charge >= 0.3 is 0 Å². The highest BCUT2D eigenvalue weighted by Gasteiger charge is 2.14. The van der Waals surface area contributed by atoms with E-state index in [0.29, 0.717) is 0 Å². The van der Waals surface area contributed by atoms with Crippen LogP contribution in [0.3, 0.4) is 0 Å². The van der Waals surface area contributed by atoms with Crippen LogP contribution in [0.25, 0.3) is 0 Å². The maximum atomic E-state index is 4.13. The number of nitrogens with zero attached hydrogens (tertiary/aromatic N) is 2. The van der Waals surface area contributed by atoms with Gasteiger partial charge in [-0.3, -0.25) is 0 Å². The largest absolute Gasteiger partial charge is 0.309 e. The van der Waals surface area contributed by atoms with Gasteiger partial charge in [-0.15, -0.1) is 5.10 Å². The minimum absolute atomic E-state index is 0.727. The van der Waals surface area contributed by atoms with E-state index in [1.165, 1.54) is 54.2 Å². The van der Waals surface area contributed by atoms with Gasteiger partial charge in [0.1, 0.15) is 0 Å². The molecule has 1 heterocycles. The summed E-state index contributed by atoms with van der Waals surface area (Å²) >= 11 is 1.54. The molecule has 0 unspecified atom stereocenters. The molecule has 0 atom stereocenters. The molecule has 0 saturated heterocycles. The van der Waals surface area contributed by atoms with Gasteiger partial charge in [-0.2, -0.15) is 0 Å². The maximum Gasteiger partial charge on any atom is 0.0797 e. The molecule has 84 valence electrons. The summed E-state index contributed by atoms with van der Waals surface area (Å²) < 4.78 is 4.01. The summed E-state index contributed by atoms with van der Waals surface area (Å²) in [6, 6.07) is 0.727. The van der Waals surface area contributed by atoms with Crippen molar-refractivity contribution in [1.29, 1.82) is 0 Å². The highest BCUT2D eigenvalue weighted by molar-refractivity contribution is 7.05. The van der Waals surface area contributed by atoms with E-state index in [9.17, 15) is 0 Å². The fourth-order valence-corrected chi connectivity index (χ4v) is 2.85. The standard InChI is InChI=1S/C11H19N3S/c1-2-10-11(15-14-13-10)8-12-9-6-4-3-5-7-9/h9,12H,2-8H2,1H3. The molecule has 1 aromatic heterocycles. The number of rotatable bonds is 4. The molecule has 4 heteroatoms. The molecule has 1 aromatic rings. The molecule has 1 N–H and O–H groups in total. The Hall–Kier alpha value is -0.480. The van der Waals surface area contributed by atoms with Crippen LogP contribution in [0.15, 0.2) is 0 Å². The molecule has 0 amide bonds. The normalized spacial score (nSPS) is 18.2. The average Bonchev–Trinajstić information content (AvgIpc) is 2.75. The summed E-state index contributed by atoms with van der Waals surface area (Å²) in [6.07, 6.45) is 7.87. The molecule has 0 spiro atoms. The topological polar surface area (TPSA) is 37.8 Å². The minimum atomic E-state index is 0.727. The monoisotopic (exact) mass is 225 g/mol. The predicted molar refractivity (Wildman–Crippen MR) is 63.0 cm³/mol. The SMILES string of the molecule is CCc1nnsc1CNC1CCCCC1. The average molecular weight is 225 g/mol. The van der Waals surface area contributed by atoms with Crippen molar-refractivity contribution in [2.24, 2.45) is 0 Å². The van der Waals surface area contributed by atoms with Gasteiger partial charge in [0.2, 0.25) is 0 Å². The summed E-state index contributed by atoms with van der Waals surface area (Å²) in [5.41, 5.74) is 1.17. The predicted octanol–water partition coefficient (Wildman–Crippen LogP) is 2.52. The minimum Gasteiger partial charge on any atom is -0.309 e. The zero-order valence-electron chi connectivity index (χ0n) is 9.33. The lowest BCUT2D eigenvalue weighted by Crippen LogP contribution is -2.30. The highest BCUT2D eigenvalue weighted by atomic mass is 32.1. The molecule has 3 nitrogen and oxygen atoms in total. The number of aryl methyl sites for hydroxylation is 1. The Kier molecular flexibility index (Phi) is 4.09. The molecule has 0 bridgehead atoms. The molecule has 0 radical (unpaired) electrons. The number of hydrogen-bond acceptors (Lipinski definition) is 4. The van der Waals surface area contributed by atoms with Gasteiger partial charge in [-0.05, 0) is 30.8 Å². The van der Waals surface area contributed by atoms with Crippen LogP contribution in [-0.2, 0) is 13.0 Å². The van der Waals surface area contributed by atoms with Crippen LogP contribution in [0, 0.1) is 0 Å². The molecule has 1 aliphatic rings. The molecule has 1 aliphatic carbocycles. The summed E-state index contributed by atoms with van der Waals surface area (Å²) in [5, 5.41) is 7.76. The van der Waals surface area contributed by atoms with Crippen LogP contribution in [0.1, 0.15) is 49.6 Å². The lowest BCUT2D eigenvalue weighted by Gasteiger charge is -2.22. The molecule has 2 rings (SSSR count). The molecular weight excluding hydrogens is 206 g/mol. The summed E-state index contributed by atoms with van der Waals surface area (Å²) in [4.78, 5) is 1.32. The second-order valence-corrected chi connectivity index (χ2v) is 5.05. The zero-order chi connectivity index (χ0) is 10.5. The maximum absolute atomic E-state index is 4.13. The summed E-state index contributed by atoms with van der Waals surface area (Å²) in [5.74, 6) is 0. The number of aromatic nitrogens is 2. The van der Waals surface area contributed by atoms with Gasteiger partial charge in [0.25, 0.3) is 0 Å². The van der Waals surface area contributed by atoms with Crippen LogP contribution >= 0.6 is 11.5 Å². The first-order chi connectivity index (χ1) is 7.40. The van der Waals surface area contributed by atoms with Crippen LogP contribution in [0.4, 0.5) is 0 Å². The first-order valence-electron chi connectivity index (χ1n) is 5.93. The Labute approximate surface area is 95.4 Å². The van der Waals surface area contributed by atoms with Gasteiger partial charge in [0.15, 0.2) is 0 Å². The van der Waals surface area contributed by atoms with E-state index < -0.39 is 0 Å². The Balaban J connectivity index is 1.81. The molecule has 1 fully saturated rings. The summed E-state index contributed by atoms with van der Waals surface area (Å²) in [6.45, 7) is 3.10. The quantitative estimate of drug-likeness (QED) is 0.855. The van der Waals surface area contributed by atoms with E-state index >= 15 is 0 Å². The van der Waals surface area contributed by atoms with Gasteiger partial charge in [0, 0.05) is 12.6 Å². The van der Waals surface area contributed by atoms with E-state index in [-0.39, 0.29) is 0 Å². The molecule has 1 saturated carbocycles. The van der Waals surface area contributed by atoms with E-state index in [2.05, 4.69) is 21.8 Å². The van der Waals surface area contributed by atoms with Crippen LogP contribution in [0.5, 0.6) is 0 Å². The van der Waals surface area contributed by atoms with Gasteiger partial charge in [-0.25, -0.2) is 0 Å². The van der Waals surface area contributed by atoms with Crippen molar-refractivity contribution in [1.82, 2.24) is 14.9 Å². The van der Waals surface area contributed by atoms with Crippen LogP contribution < -0.4 is 5.32 Å². The summed E-state index contributed by atoms with van der Waals surface area (Å²) in [7, 11) is 0. The van der Waals surface area contributed by atoms with Gasteiger partial charge < -0.3 is 5.32 Å². The Morgan fingerprint density at radius 1 is 1.33 bits per heavy atom. The third kappa shape index (κ3) is 2.98. The number of hydrogen-bond donors (Lipinski definition) is 1. The Morgan fingerprint density at radius 3 is 2.87 bits per heavy atom. The second-order valence-electron chi connectivity index (χ2n) is 4.21. The lowest BCUT2D eigenvalue weighted by atomic mass is 9.95.